The summed E-state index contributed by atoms with van der Waals surface area (Å²) in [5.74, 6) is -5.41. The molecule has 514 valence electrons. The molecule has 10 atom stereocenters. The molecule has 1 saturated carbocycles. The number of rotatable bonds is 36. The number of amides is 12. The van der Waals surface area contributed by atoms with E-state index in [9.17, 15) is 57.8 Å². The van der Waals surface area contributed by atoms with Gasteiger partial charge in [0.2, 0.25) is 41.4 Å². The number of nitrogens with zero attached hydrogens (tertiary/aromatic N) is 3. The zero-order chi connectivity index (χ0) is 68.7. The Morgan fingerprint density at radius 3 is 1.99 bits per heavy atom. The highest BCUT2D eigenvalue weighted by molar-refractivity contribution is 6.12. The van der Waals surface area contributed by atoms with Crippen LogP contribution in [0.2, 0.25) is 0 Å². The number of primary amides is 1. The van der Waals surface area contributed by atoms with Crippen LogP contribution in [0.4, 0.5) is 15.3 Å². The summed E-state index contributed by atoms with van der Waals surface area (Å²) in [5.41, 5.74) is 5.16. The molecule has 0 aromatic heterocycles. The van der Waals surface area contributed by atoms with Crippen LogP contribution < -0.4 is 43.0 Å². The molecule has 1 unspecified atom stereocenters. The molecule has 2 fully saturated rings. The molecule has 3 aliphatic rings. The second-order valence-corrected chi connectivity index (χ2v) is 25.9. The highest BCUT2D eigenvalue weighted by Crippen LogP contribution is 2.35. The molecule has 2 aliphatic heterocycles. The summed E-state index contributed by atoms with van der Waals surface area (Å²) in [6.07, 6.45) is 5.77. The molecule has 5 rings (SSSR count). The summed E-state index contributed by atoms with van der Waals surface area (Å²) >= 11 is 0. The third-order valence-corrected chi connectivity index (χ3v) is 17.7. The number of nitrogens with one attached hydrogen (secondary N) is 7. The molecule has 0 radical (unpaired) electrons. The van der Waals surface area contributed by atoms with E-state index in [0.29, 0.717) is 55.5 Å². The van der Waals surface area contributed by atoms with Crippen molar-refractivity contribution in [3.8, 4) is 0 Å². The first kappa shape index (κ1) is 75.7. The zero-order valence-electron chi connectivity index (χ0n) is 56.0. The summed E-state index contributed by atoms with van der Waals surface area (Å²) in [7, 11) is 4.71. The third-order valence-electron chi connectivity index (χ3n) is 17.7. The molecule has 1 aliphatic carbocycles. The molecule has 0 spiro atoms. The van der Waals surface area contributed by atoms with Crippen LogP contribution in [-0.2, 0) is 64.0 Å². The second-order valence-electron chi connectivity index (χ2n) is 25.9. The molecule has 2 aromatic rings. The first-order valence-corrected chi connectivity index (χ1v) is 32.6. The Hall–Kier alpha value is -7.97. The third kappa shape index (κ3) is 22.4. The van der Waals surface area contributed by atoms with E-state index in [0.717, 1.165) is 30.6 Å². The van der Waals surface area contributed by atoms with Crippen molar-refractivity contribution in [1.29, 1.82) is 0 Å². The van der Waals surface area contributed by atoms with Gasteiger partial charge in [-0.15, -0.1) is 0 Å². The van der Waals surface area contributed by atoms with Crippen LogP contribution in [0, 0.1) is 23.7 Å². The molecular formula is C67H101N11O15. The van der Waals surface area contributed by atoms with Crippen molar-refractivity contribution < 1.29 is 72.1 Å². The van der Waals surface area contributed by atoms with Crippen LogP contribution in [0.3, 0.4) is 0 Å². The number of imide groups is 1. The molecule has 2 aromatic carbocycles. The lowest BCUT2D eigenvalue weighted by Crippen LogP contribution is -2.62. The van der Waals surface area contributed by atoms with Crippen molar-refractivity contribution in [2.75, 3.05) is 46.2 Å². The number of alkyl carbamates (subject to hydrolysis) is 1. The number of nitrogens with two attached hydrogens (primary N) is 1. The second kappa shape index (κ2) is 36.5. The normalized spacial score (nSPS) is 17.9. The zero-order valence-corrected chi connectivity index (χ0v) is 56.0. The predicted molar refractivity (Wildman–Crippen MR) is 347 cm³/mol. The fraction of sp³-hybridized carbons (Fsp3) is 0.627. The number of benzene rings is 2. The van der Waals surface area contributed by atoms with Gasteiger partial charge in [-0.3, -0.25) is 48.1 Å². The summed E-state index contributed by atoms with van der Waals surface area (Å²) in [6.45, 7) is 14.1. The van der Waals surface area contributed by atoms with Crippen molar-refractivity contribution in [2.24, 2.45) is 29.4 Å². The number of hydrogen-bond donors (Lipinski definition) is 9. The molecular weight excluding hydrogens is 1200 g/mol. The summed E-state index contributed by atoms with van der Waals surface area (Å²) < 4.78 is 17.6. The van der Waals surface area contributed by atoms with Gasteiger partial charge in [-0.2, -0.15) is 0 Å². The van der Waals surface area contributed by atoms with Crippen molar-refractivity contribution in [2.45, 2.75) is 206 Å². The predicted octanol–water partition coefficient (Wildman–Crippen LogP) is 4.63. The SMILES string of the molecule is CO[C@H]([C@@H](C)C(=O)N[C@H](C)[C@@H](O)c1ccccc1)[C@@H]1CCCN1C(=O)C[C@@H](OC)[C@H](C1CCCC1)N(C)C(=O)[C@@H](NC(=O)C(C)(C)NC(=O)OCc1ccc(NC(=O)C(CCCNC(N)=O)NC(=O)[C@@H](NC(=O)CCCCCN2C(=O)C=CC2=O)C(C)C)cc1)C(C)C. The van der Waals surface area contributed by atoms with E-state index in [-0.39, 0.29) is 86.8 Å². The van der Waals surface area contributed by atoms with Crippen molar-refractivity contribution >= 4 is 71.0 Å². The van der Waals surface area contributed by atoms with Crippen molar-refractivity contribution in [3.63, 3.8) is 0 Å². The number of likely N-dealkylation sites (tertiary alicyclic amines) is 1. The number of carbonyl (C=O) groups excluding carboxylic acids is 11. The van der Waals surface area contributed by atoms with E-state index in [2.05, 4.69) is 37.2 Å². The number of methoxy groups -OCH3 is 2. The minimum absolute atomic E-state index is 0.0157. The Morgan fingerprint density at radius 1 is 0.742 bits per heavy atom. The maximum Gasteiger partial charge on any atom is 0.408 e. The monoisotopic (exact) mass is 1300 g/mol. The number of hydrogen-bond acceptors (Lipinski definition) is 15. The standard InChI is InChI=1S/C67H101N11O15/c1-40(2)55(73-51(79)28-16-13-19-36-78-52(80)33-34-53(78)81)62(86)72-48(26-20-35-69-65(68)89)61(85)71-47-31-29-44(30-32-47)39-93-66(90)75-67(7,8)64(88)74-56(41(3)4)63(87)76(9)57(45-22-17-18-23-45)50(91-10)38-54(82)77-37-21-27-49(77)59(92-11)42(5)60(84)70-43(6)58(83)46-24-14-12-15-25-46/h12,14-15,24-25,29-34,40-43,45,48-50,55-59,83H,13,16-23,26-28,35-39H2,1-11H3,(H,70,84)(H,71,85)(H,72,86)(H,73,79)(H,74,88)(H,75,90)(H3,68,69,89)/t42-,43-,48?,49+,50-,55+,56+,57+,58-,59-/m1/s1. The highest BCUT2D eigenvalue weighted by Gasteiger charge is 2.45. The highest BCUT2D eigenvalue weighted by atomic mass is 16.5. The minimum Gasteiger partial charge on any atom is -0.445 e. The number of anilines is 1. The van der Waals surface area contributed by atoms with E-state index >= 15 is 0 Å². The number of likely N-dealkylation sites (N-methyl/N-ethyl adjacent to an activating group) is 1. The molecule has 1 saturated heterocycles. The van der Waals surface area contributed by atoms with Crippen LogP contribution in [0.15, 0.2) is 66.7 Å². The minimum atomic E-state index is -1.59. The molecule has 26 heteroatoms. The van der Waals surface area contributed by atoms with Crippen LogP contribution in [-0.4, -0.2) is 180 Å². The van der Waals surface area contributed by atoms with E-state index in [4.69, 9.17) is 19.9 Å². The topological polar surface area (TPSA) is 356 Å². The molecule has 26 nitrogen and oxygen atoms in total. The van der Waals surface area contributed by atoms with Crippen molar-refractivity contribution in [1.82, 2.24) is 46.6 Å². The van der Waals surface area contributed by atoms with Gasteiger partial charge in [0.25, 0.3) is 11.8 Å². The van der Waals surface area contributed by atoms with Gasteiger partial charge in [-0.05, 0) is 113 Å². The van der Waals surface area contributed by atoms with Crippen LogP contribution in [0.5, 0.6) is 0 Å². The first-order valence-electron chi connectivity index (χ1n) is 32.6. The Labute approximate surface area is 546 Å². The van der Waals surface area contributed by atoms with E-state index in [1.165, 1.54) is 40.2 Å². The molecule has 93 heavy (non-hydrogen) atoms. The Morgan fingerprint density at radius 2 is 1.39 bits per heavy atom. The van der Waals surface area contributed by atoms with Gasteiger partial charge in [-0.25, -0.2) is 9.59 Å². The molecule has 12 amide bonds. The average molecular weight is 1300 g/mol. The summed E-state index contributed by atoms with van der Waals surface area (Å²) in [5, 5.41) is 30.1. The van der Waals surface area contributed by atoms with E-state index in [1.807, 2.05) is 18.2 Å². The van der Waals surface area contributed by atoms with Crippen LogP contribution in [0.25, 0.3) is 0 Å². The lowest BCUT2D eigenvalue weighted by atomic mass is 9.88. The van der Waals surface area contributed by atoms with Gasteiger partial charge in [0.15, 0.2) is 0 Å². The van der Waals surface area contributed by atoms with E-state index in [1.54, 1.807) is 94.8 Å². The smallest absolute Gasteiger partial charge is 0.408 e. The Kier molecular flexibility index (Phi) is 29.7. The summed E-state index contributed by atoms with van der Waals surface area (Å²) in [6, 6.07) is 9.88. The van der Waals surface area contributed by atoms with Gasteiger partial charge in [0.1, 0.15) is 30.3 Å². The number of urea groups is 1. The van der Waals surface area contributed by atoms with Gasteiger partial charge < -0.3 is 72.1 Å². The lowest BCUT2D eigenvalue weighted by molar-refractivity contribution is -0.148. The van der Waals surface area contributed by atoms with Crippen LogP contribution in [0.1, 0.15) is 156 Å². The molecule has 0 bridgehead atoms. The van der Waals surface area contributed by atoms with Crippen LogP contribution >= 0.6 is 0 Å². The lowest BCUT2D eigenvalue weighted by Gasteiger charge is -2.41. The number of aliphatic hydroxyl groups excluding tert-OH is 1. The Bertz CT molecular complexity index is 2880. The largest absolute Gasteiger partial charge is 0.445 e. The maximum absolute atomic E-state index is 14.8. The van der Waals surface area contributed by atoms with Gasteiger partial charge >= 0.3 is 12.1 Å². The van der Waals surface area contributed by atoms with Gasteiger partial charge in [0, 0.05) is 65.2 Å². The van der Waals surface area contributed by atoms with E-state index < -0.39 is 108 Å². The fourth-order valence-electron chi connectivity index (χ4n) is 12.3. The number of aliphatic hydroxyl groups is 1. The number of unbranched alkanes of at least 4 members (excludes halogenated alkanes) is 2. The molecule has 10 N–H and O–H groups in total. The quantitative estimate of drug-likeness (QED) is 0.0332. The van der Waals surface area contributed by atoms with Gasteiger partial charge in [-0.1, -0.05) is 96.3 Å². The number of ether oxygens (including phenoxy) is 3. The Balaban J connectivity index is 1.15. The maximum atomic E-state index is 14.8. The van der Waals surface area contributed by atoms with Crippen molar-refractivity contribution in [3.05, 3.63) is 77.9 Å². The summed E-state index contributed by atoms with van der Waals surface area (Å²) in [4.78, 5) is 150. The average Bonchev–Trinajstić information content (AvgIpc) is 1.81. The fourth-order valence-corrected chi connectivity index (χ4v) is 12.3. The van der Waals surface area contributed by atoms with Gasteiger partial charge in [0.05, 0.1) is 48.8 Å². The first-order chi connectivity index (χ1) is 44.1. The molecule has 2 heterocycles. The number of carbonyl (C=O) groups is 11.